The van der Waals surface area contributed by atoms with Crippen molar-refractivity contribution in [3.63, 3.8) is 0 Å². The molecule has 0 radical (unpaired) electrons. The van der Waals surface area contributed by atoms with Gasteiger partial charge in [0.25, 0.3) is 0 Å². The largest absolute Gasteiger partial charge is 0.489 e. The molecule has 0 aromatic heterocycles. The lowest BCUT2D eigenvalue weighted by Gasteiger charge is -2.30. The van der Waals surface area contributed by atoms with Crippen molar-refractivity contribution in [2.24, 2.45) is 0 Å². The lowest BCUT2D eigenvalue weighted by atomic mass is 9.78. The van der Waals surface area contributed by atoms with Crippen LogP contribution in [0.5, 0.6) is 11.5 Å². The number of hydrogen-bond acceptors (Lipinski definition) is 6. The highest BCUT2D eigenvalue weighted by Crippen LogP contribution is 2.64. The van der Waals surface area contributed by atoms with E-state index in [1.54, 1.807) is 0 Å². The molecule has 186 valence electrons. The van der Waals surface area contributed by atoms with E-state index in [9.17, 15) is 9.59 Å². The van der Waals surface area contributed by atoms with E-state index in [1.807, 2.05) is 13.8 Å². The van der Waals surface area contributed by atoms with Gasteiger partial charge in [0, 0.05) is 34.1 Å². The van der Waals surface area contributed by atoms with Crippen LogP contribution >= 0.6 is 0 Å². The smallest absolute Gasteiger partial charge is 0.330 e. The molecule has 0 aliphatic heterocycles. The number of aryl methyl sites for hydroxylation is 1. The first-order chi connectivity index (χ1) is 16.7. The second-order valence-corrected chi connectivity index (χ2v) is 10.0. The van der Waals surface area contributed by atoms with E-state index in [0.717, 1.165) is 59.2 Å². The van der Waals surface area contributed by atoms with Crippen LogP contribution in [-0.4, -0.2) is 37.4 Å². The normalized spacial score (nSPS) is 21.7. The van der Waals surface area contributed by atoms with Crippen LogP contribution in [0.25, 0.3) is 10.8 Å². The average Bonchev–Trinajstić information content (AvgIpc) is 3.35. The number of carbonyl (C=O) groups is 2. The van der Waals surface area contributed by atoms with Crippen molar-refractivity contribution in [2.75, 3.05) is 13.2 Å². The molecule has 0 N–H and O–H groups in total. The average molecular weight is 479 g/mol. The number of hydrogen-bond donors (Lipinski definition) is 0. The highest BCUT2D eigenvalue weighted by atomic mass is 16.6. The van der Waals surface area contributed by atoms with Gasteiger partial charge in [-0.2, -0.15) is 0 Å². The summed E-state index contributed by atoms with van der Waals surface area (Å²) in [5.41, 5.74) is 3.50. The molecule has 1 fully saturated rings. The number of carbonyl (C=O) groups excluding carboxylic acids is 2. The third-order valence-electron chi connectivity index (χ3n) is 7.05. The minimum atomic E-state index is -0.465. The third-order valence-corrected chi connectivity index (χ3v) is 7.05. The molecule has 4 unspecified atom stereocenters. The van der Waals surface area contributed by atoms with Crippen molar-refractivity contribution < 1.29 is 28.5 Å². The van der Waals surface area contributed by atoms with Gasteiger partial charge in [0.15, 0.2) is 0 Å². The number of rotatable bonds is 10. The van der Waals surface area contributed by atoms with Gasteiger partial charge < -0.3 is 18.9 Å². The van der Waals surface area contributed by atoms with Crippen LogP contribution in [0.3, 0.4) is 0 Å². The third kappa shape index (κ3) is 4.79. The van der Waals surface area contributed by atoms with E-state index >= 15 is 0 Å². The molecule has 0 heterocycles. The van der Waals surface area contributed by atoms with Crippen LogP contribution in [0.15, 0.2) is 43.5 Å². The Morgan fingerprint density at radius 3 is 2.23 bits per heavy atom. The number of benzene rings is 2. The molecule has 2 aliphatic rings. The Labute approximate surface area is 206 Å². The van der Waals surface area contributed by atoms with E-state index in [-0.39, 0.29) is 18.6 Å². The Morgan fingerprint density at radius 2 is 1.63 bits per heavy atom. The summed E-state index contributed by atoms with van der Waals surface area (Å²) < 4.78 is 23.5. The molecule has 0 spiro atoms. The summed E-state index contributed by atoms with van der Waals surface area (Å²) in [7, 11) is 0. The van der Waals surface area contributed by atoms with Gasteiger partial charge in [0.1, 0.15) is 36.9 Å². The summed E-state index contributed by atoms with van der Waals surface area (Å²) in [6.07, 6.45) is 4.72. The molecule has 4 atom stereocenters. The molecule has 0 amide bonds. The maximum absolute atomic E-state index is 11.6. The summed E-state index contributed by atoms with van der Waals surface area (Å²) in [4.78, 5) is 23.3. The molecule has 6 heteroatoms. The van der Waals surface area contributed by atoms with Gasteiger partial charge in [-0.1, -0.05) is 37.8 Å². The summed E-state index contributed by atoms with van der Waals surface area (Å²) in [6.45, 7) is 15.4. The molecule has 2 bridgehead atoms. The molecule has 2 aromatic carbocycles. The number of esters is 2. The molecular formula is C29H34O6. The quantitative estimate of drug-likeness (QED) is 0.323. The second kappa shape index (κ2) is 9.76. The maximum atomic E-state index is 11.6. The molecule has 35 heavy (non-hydrogen) atoms. The Balaban J connectivity index is 1.76. The van der Waals surface area contributed by atoms with Crippen LogP contribution in [-0.2, 0) is 24.5 Å². The summed E-state index contributed by atoms with van der Waals surface area (Å²) in [6, 6.07) is 6.26. The van der Waals surface area contributed by atoms with Crippen molar-refractivity contribution in [1.29, 1.82) is 0 Å². The SMILES string of the molecule is C=CC(=O)OC(C)COc1c2c(c(OCC(C)OC(=O)C=C)c3ccc(C)cc13)C1(C)CCC2C1. The Kier molecular flexibility index (Phi) is 6.93. The van der Waals surface area contributed by atoms with E-state index in [2.05, 4.69) is 45.2 Å². The zero-order chi connectivity index (χ0) is 25.3. The zero-order valence-electron chi connectivity index (χ0n) is 21.0. The lowest BCUT2D eigenvalue weighted by Crippen LogP contribution is -2.24. The van der Waals surface area contributed by atoms with Crippen LogP contribution in [0.1, 0.15) is 62.6 Å². The molecule has 0 saturated heterocycles. The van der Waals surface area contributed by atoms with Crippen molar-refractivity contribution in [2.45, 2.75) is 70.5 Å². The summed E-state index contributed by atoms with van der Waals surface area (Å²) >= 11 is 0. The van der Waals surface area contributed by atoms with Crippen LogP contribution in [0, 0.1) is 6.92 Å². The van der Waals surface area contributed by atoms with E-state index in [4.69, 9.17) is 18.9 Å². The molecule has 6 nitrogen and oxygen atoms in total. The van der Waals surface area contributed by atoms with Crippen LogP contribution in [0.2, 0.25) is 0 Å². The maximum Gasteiger partial charge on any atom is 0.330 e. The minimum Gasteiger partial charge on any atom is -0.489 e. The zero-order valence-corrected chi connectivity index (χ0v) is 21.0. The van der Waals surface area contributed by atoms with Crippen molar-refractivity contribution >= 4 is 22.7 Å². The van der Waals surface area contributed by atoms with E-state index < -0.39 is 24.1 Å². The van der Waals surface area contributed by atoms with Gasteiger partial charge in [0.2, 0.25) is 0 Å². The van der Waals surface area contributed by atoms with Gasteiger partial charge in [0.05, 0.1) is 0 Å². The van der Waals surface area contributed by atoms with Crippen molar-refractivity contribution in [3.05, 3.63) is 60.2 Å². The number of ether oxygens (including phenoxy) is 4. The molecule has 4 rings (SSSR count). The van der Waals surface area contributed by atoms with Crippen LogP contribution in [0.4, 0.5) is 0 Å². The summed E-state index contributed by atoms with van der Waals surface area (Å²) in [5.74, 6) is 1.16. The van der Waals surface area contributed by atoms with E-state index in [0.29, 0.717) is 5.92 Å². The Morgan fingerprint density at radius 1 is 1.03 bits per heavy atom. The fourth-order valence-corrected chi connectivity index (χ4v) is 5.53. The predicted octanol–water partition coefficient (Wildman–Crippen LogP) is 5.68. The molecule has 1 saturated carbocycles. The Hall–Kier alpha value is -3.28. The number of fused-ring (bicyclic) bond motifs is 6. The fourth-order valence-electron chi connectivity index (χ4n) is 5.53. The molecular weight excluding hydrogens is 444 g/mol. The minimum absolute atomic E-state index is 0.00548. The van der Waals surface area contributed by atoms with Gasteiger partial charge >= 0.3 is 11.9 Å². The topological polar surface area (TPSA) is 71.1 Å². The summed E-state index contributed by atoms with van der Waals surface area (Å²) in [5, 5.41) is 1.95. The first kappa shape index (κ1) is 24.8. The first-order valence-corrected chi connectivity index (χ1v) is 12.2. The highest BCUT2D eigenvalue weighted by Gasteiger charge is 2.50. The molecule has 2 aliphatic carbocycles. The Bertz CT molecular complexity index is 1180. The molecule has 2 aromatic rings. The van der Waals surface area contributed by atoms with Gasteiger partial charge in [-0.05, 0) is 57.4 Å². The van der Waals surface area contributed by atoms with Crippen molar-refractivity contribution in [3.8, 4) is 11.5 Å². The fraction of sp³-hybridized carbons (Fsp3) is 0.448. The first-order valence-electron chi connectivity index (χ1n) is 12.2. The van der Waals surface area contributed by atoms with E-state index in [1.165, 1.54) is 11.1 Å². The standard InChI is InChI=1S/C29H34O6/c1-7-23(30)34-18(4)15-32-27-22-13-17(3)9-10-21(22)28(33-16-19(5)35-24(31)8-2)26-25(27)20-11-12-29(26,6)14-20/h7-10,13,18-20H,1-2,11-12,14-16H2,3-6H3. The van der Waals surface area contributed by atoms with Gasteiger partial charge in [-0.15, -0.1) is 0 Å². The van der Waals surface area contributed by atoms with Crippen molar-refractivity contribution in [1.82, 2.24) is 0 Å². The van der Waals surface area contributed by atoms with Gasteiger partial charge in [-0.25, -0.2) is 9.59 Å². The lowest BCUT2D eigenvalue weighted by molar-refractivity contribution is -0.144. The highest BCUT2D eigenvalue weighted by molar-refractivity contribution is 5.98. The van der Waals surface area contributed by atoms with Crippen LogP contribution < -0.4 is 9.47 Å². The second-order valence-electron chi connectivity index (χ2n) is 10.0. The predicted molar refractivity (Wildman–Crippen MR) is 135 cm³/mol. The van der Waals surface area contributed by atoms with Gasteiger partial charge in [-0.3, -0.25) is 0 Å². The monoisotopic (exact) mass is 478 g/mol.